The second-order valence-corrected chi connectivity index (χ2v) is 13.9. The molecule has 2 heterocycles. The van der Waals surface area contributed by atoms with Gasteiger partial charge >= 0.3 is 0 Å². The Balaban J connectivity index is 1.35. The molecule has 0 radical (unpaired) electrons. The van der Waals surface area contributed by atoms with Crippen molar-refractivity contribution in [1.82, 2.24) is 9.78 Å². The Hall–Kier alpha value is -4.65. The van der Waals surface area contributed by atoms with Crippen LogP contribution in [0.4, 0.5) is 5.69 Å². The quantitative estimate of drug-likeness (QED) is 0.160. The first kappa shape index (κ1) is 31.9. The highest BCUT2D eigenvalue weighted by atomic mass is 16.3. The summed E-state index contributed by atoms with van der Waals surface area (Å²) in [6, 6.07) is 37.4. The molecular weight excluding hydrogens is 594 g/mol. The van der Waals surface area contributed by atoms with E-state index in [2.05, 4.69) is 109 Å². The number of likely N-dealkylation sites (N-methyl/N-ethyl adjacent to an activating group) is 1. The SMILES string of the molecule is CCN1C(=CC2C(O)C(c3c(C(C)C)[nH]n(-c4ccccc4)c3=O)C2O)C(Cc2ccccc2)(Cc2ccccc2)c2cc(C)ccc21. The normalized spacial score (nSPS) is 22.2. The average molecular weight is 640 g/mol. The molecule has 7 rings (SSSR count). The standard InChI is InChI=1S/C42H45N3O3/c1-5-44-34-22-21-28(4)23-33(34)42(25-29-15-9-6-10-16-29,26-30-17-11-7-12-18-30)35(44)24-32-39(46)37(40(32)47)36-38(27(2)3)43-45(41(36)48)31-19-13-8-14-20-31/h6-24,27,32,37,39-40,43,46-47H,5,25-26H2,1-4H3. The van der Waals surface area contributed by atoms with Crippen LogP contribution in [0.1, 0.15) is 66.1 Å². The molecule has 1 saturated carbocycles. The summed E-state index contributed by atoms with van der Waals surface area (Å²) in [5, 5.41) is 27.2. The van der Waals surface area contributed by atoms with E-state index in [4.69, 9.17) is 0 Å². The maximum Gasteiger partial charge on any atom is 0.275 e. The molecular formula is C42H45N3O3. The van der Waals surface area contributed by atoms with Gasteiger partial charge in [0.15, 0.2) is 0 Å². The fraction of sp³-hybridized carbons (Fsp3) is 0.310. The molecule has 6 nitrogen and oxygen atoms in total. The van der Waals surface area contributed by atoms with Gasteiger partial charge in [-0.15, -0.1) is 0 Å². The molecule has 246 valence electrons. The van der Waals surface area contributed by atoms with Crippen LogP contribution in [0, 0.1) is 12.8 Å². The zero-order valence-corrected chi connectivity index (χ0v) is 28.2. The van der Waals surface area contributed by atoms with E-state index in [0.717, 1.165) is 36.5 Å². The first-order chi connectivity index (χ1) is 23.2. The Kier molecular flexibility index (Phi) is 8.48. The second-order valence-electron chi connectivity index (χ2n) is 13.9. The first-order valence-electron chi connectivity index (χ1n) is 17.2. The van der Waals surface area contributed by atoms with Crippen molar-refractivity contribution in [2.24, 2.45) is 5.92 Å². The van der Waals surface area contributed by atoms with Crippen molar-refractivity contribution in [3.8, 4) is 5.69 Å². The monoisotopic (exact) mass is 639 g/mol. The van der Waals surface area contributed by atoms with Crippen molar-refractivity contribution in [2.45, 2.75) is 70.0 Å². The zero-order valence-electron chi connectivity index (χ0n) is 28.2. The largest absolute Gasteiger partial charge is 0.392 e. The number of H-pyrrole nitrogens is 1. The van der Waals surface area contributed by atoms with Crippen LogP contribution < -0.4 is 10.5 Å². The molecule has 1 aromatic heterocycles. The number of allylic oxidation sites excluding steroid dienone is 1. The van der Waals surface area contributed by atoms with Gasteiger partial charge in [-0.2, -0.15) is 0 Å². The molecule has 1 aliphatic carbocycles. The smallest absolute Gasteiger partial charge is 0.275 e. The second kappa shape index (κ2) is 12.8. The van der Waals surface area contributed by atoms with Crippen LogP contribution >= 0.6 is 0 Å². The number of rotatable bonds is 9. The third-order valence-electron chi connectivity index (χ3n) is 10.5. The summed E-state index contributed by atoms with van der Waals surface area (Å²) in [7, 11) is 0. The van der Waals surface area contributed by atoms with Crippen molar-refractivity contribution in [2.75, 3.05) is 11.4 Å². The number of aromatic amines is 1. The Labute approximate surface area is 283 Å². The lowest BCUT2D eigenvalue weighted by Gasteiger charge is -2.46. The van der Waals surface area contributed by atoms with Gasteiger partial charge in [-0.05, 0) is 67.5 Å². The van der Waals surface area contributed by atoms with Crippen LogP contribution in [0.5, 0.6) is 0 Å². The molecule has 0 amide bonds. The van der Waals surface area contributed by atoms with Gasteiger partial charge in [0.25, 0.3) is 5.56 Å². The van der Waals surface area contributed by atoms with E-state index in [1.807, 2.05) is 44.2 Å². The van der Waals surface area contributed by atoms with E-state index >= 15 is 0 Å². The van der Waals surface area contributed by atoms with Crippen LogP contribution in [-0.2, 0) is 18.3 Å². The number of aromatic nitrogens is 2. The van der Waals surface area contributed by atoms with Gasteiger partial charge in [-0.1, -0.05) is 116 Å². The first-order valence-corrected chi connectivity index (χ1v) is 17.2. The van der Waals surface area contributed by atoms with Gasteiger partial charge in [0.05, 0.1) is 17.9 Å². The Morgan fingerprint density at radius 2 is 1.40 bits per heavy atom. The molecule has 6 heteroatoms. The molecule has 0 saturated heterocycles. The van der Waals surface area contributed by atoms with Crippen molar-refractivity contribution in [1.29, 1.82) is 0 Å². The number of aliphatic hydroxyl groups excluding tert-OH is 2. The maximum absolute atomic E-state index is 13.9. The number of nitrogens with zero attached hydrogens (tertiary/aromatic N) is 2. The van der Waals surface area contributed by atoms with Crippen LogP contribution in [0.2, 0.25) is 0 Å². The number of aryl methyl sites for hydroxylation is 1. The number of nitrogens with one attached hydrogen (secondary N) is 1. The predicted octanol–water partition coefficient (Wildman–Crippen LogP) is 7.18. The van der Waals surface area contributed by atoms with E-state index in [9.17, 15) is 15.0 Å². The molecule has 48 heavy (non-hydrogen) atoms. The molecule has 3 N–H and O–H groups in total. The lowest BCUT2D eigenvalue weighted by molar-refractivity contribution is -0.0954. The molecule has 0 bridgehead atoms. The number of hydrogen-bond acceptors (Lipinski definition) is 4. The molecule has 2 atom stereocenters. The molecule has 4 aromatic carbocycles. The number of hydrogen-bond donors (Lipinski definition) is 3. The molecule has 2 aliphatic rings. The van der Waals surface area contributed by atoms with E-state index in [0.29, 0.717) is 5.56 Å². The Morgan fingerprint density at radius 1 is 0.833 bits per heavy atom. The molecule has 5 aromatic rings. The van der Waals surface area contributed by atoms with E-state index in [1.54, 1.807) is 0 Å². The minimum atomic E-state index is -0.923. The Bertz CT molecular complexity index is 1930. The topological polar surface area (TPSA) is 81.5 Å². The lowest BCUT2D eigenvalue weighted by atomic mass is 9.63. The summed E-state index contributed by atoms with van der Waals surface area (Å²) in [4.78, 5) is 16.3. The van der Waals surface area contributed by atoms with E-state index in [-0.39, 0.29) is 11.5 Å². The van der Waals surface area contributed by atoms with Crippen LogP contribution in [-0.4, -0.2) is 38.7 Å². The summed E-state index contributed by atoms with van der Waals surface area (Å²) in [6.07, 6.45) is 1.82. The van der Waals surface area contributed by atoms with Crippen molar-refractivity contribution >= 4 is 5.69 Å². The number of fused-ring (bicyclic) bond motifs is 1. The fourth-order valence-corrected chi connectivity index (χ4v) is 8.15. The highest BCUT2D eigenvalue weighted by molar-refractivity contribution is 5.73. The van der Waals surface area contributed by atoms with E-state index in [1.165, 1.54) is 32.6 Å². The van der Waals surface area contributed by atoms with Gasteiger partial charge in [0, 0.05) is 46.4 Å². The third-order valence-corrected chi connectivity index (χ3v) is 10.5. The number of para-hydroxylation sites is 1. The summed E-state index contributed by atoms with van der Waals surface area (Å²) in [6.45, 7) is 9.10. The van der Waals surface area contributed by atoms with Crippen molar-refractivity contribution < 1.29 is 10.2 Å². The number of aliphatic hydroxyl groups is 2. The average Bonchev–Trinajstić information content (AvgIpc) is 3.56. The van der Waals surface area contributed by atoms with Crippen LogP contribution in [0.3, 0.4) is 0 Å². The van der Waals surface area contributed by atoms with Gasteiger partial charge in [0.2, 0.25) is 0 Å². The lowest BCUT2D eigenvalue weighted by Crippen LogP contribution is -2.55. The van der Waals surface area contributed by atoms with Gasteiger partial charge < -0.3 is 15.1 Å². The van der Waals surface area contributed by atoms with Gasteiger partial charge in [0.1, 0.15) is 0 Å². The third kappa shape index (κ3) is 5.33. The Morgan fingerprint density at radius 3 is 1.94 bits per heavy atom. The number of anilines is 1. The maximum atomic E-state index is 13.9. The van der Waals surface area contributed by atoms with Crippen LogP contribution in [0.25, 0.3) is 5.69 Å². The zero-order chi connectivity index (χ0) is 33.6. The van der Waals surface area contributed by atoms with Gasteiger partial charge in [-0.25, -0.2) is 4.68 Å². The minimum Gasteiger partial charge on any atom is -0.392 e. The highest BCUT2D eigenvalue weighted by Gasteiger charge is 2.54. The summed E-state index contributed by atoms with van der Waals surface area (Å²) in [5.41, 5.74) is 8.47. The summed E-state index contributed by atoms with van der Waals surface area (Å²) >= 11 is 0. The molecule has 1 aliphatic heterocycles. The molecule has 0 spiro atoms. The van der Waals surface area contributed by atoms with Crippen molar-refractivity contribution in [3.05, 3.63) is 165 Å². The molecule has 2 unspecified atom stereocenters. The van der Waals surface area contributed by atoms with Gasteiger partial charge in [-0.3, -0.25) is 9.89 Å². The molecule has 1 fully saturated rings. The minimum absolute atomic E-state index is 0.00187. The van der Waals surface area contributed by atoms with E-state index < -0.39 is 29.5 Å². The number of benzene rings is 4. The van der Waals surface area contributed by atoms with Crippen molar-refractivity contribution in [3.63, 3.8) is 0 Å². The highest BCUT2D eigenvalue weighted by Crippen LogP contribution is 2.54. The fourth-order valence-electron chi connectivity index (χ4n) is 8.15. The van der Waals surface area contributed by atoms with Crippen LogP contribution in [0.15, 0.2) is 126 Å². The summed E-state index contributed by atoms with van der Waals surface area (Å²) < 4.78 is 1.54. The predicted molar refractivity (Wildman–Crippen MR) is 193 cm³/mol. The summed E-state index contributed by atoms with van der Waals surface area (Å²) in [5.74, 6) is -1.24.